The molecule has 1 aromatic carbocycles. The number of rotatable bonds is 10. The van der Waals surface area contributed by atoms with Crippen LogP contribution in [-0.2, 0) is 4.79 Å². The quantitative estimate of drug-likeness (QED) is 0.537. The number of pyridine rings is 1. The molecule has 1 aliphatic rings. The lowest BCUT2D eigenvalue weighted by Crippen LogP contribution is -2.24. The summed E-state index contributed by atoms with van der Waals surface area (Å²) in [4.78, 5) is 18.0. The summed E-state index contributed by atoms with van der Waals surface area (Å²) < 4.78 is 46.3. The number of hydrogen-bond acceptors (Lipinski definition) is 4. The van der Waals surface area contributed by atoms with Crippen molar-refractivity contribution in [2.75, 3.05) is 27.2 Å². The minimum absolute atomic E-state index is 0.00226. The summed E-state index contributed by atoms with van der Waals surface area (Å²) in [6.07, 6.45) is 1.26. The van der Waals surface area contributed by atoms with Crippen LogP contribution in [0.25, 0.3) is 22.4 Å². The summed E-state index contributed by atoms with van der Waals surface area (Å²) >= 11 is 0. The van der Waals surface area contributed by atoms with Gasteiger partial charge in [-0.05, 0) is 76.0 Å². The number of ether oxygens (including phenoxy) is 1. The predicted octanol–water partition coefficient (Wildman–Crippen LogP) is 5.07. The van der Waals surface area contributed by atoms with E-state index >= 15 is 0 Å². The molecule has 2 aromatic rings. The number of carbonyl (C=O) groups is 1. The Kier molecular flexibility index (Phi) is 7.79. The van der Waals surface area contributed by atoms with Crippen LogP contribution in [0.1, 0.15) is 37.6 Å². The maximum absolute atomic E-state index is 13.4. The van der Waals surface area contributed by atoms with Crippen molar-refractivity contribution in [3.63, 3.8) is 0 Å². The van der Waals surface area contributed by atoms with Crippen molar-refractivity contribution in [3.8, 4) is 5.75 Å². The summed E-state index contributed by atoms with van der Waals surface area (Å²) in [5, 5.41) is 3.71. The Morgan fingerprint density at radius 1 is 1.33 bits per heavy atom. The van der Waals surface area contributed by atoms with Crippen molar-refractivity contribution in [1.29, 1.82) is 0 Å². The highest BCUT2D eigenvalue weighted by molar-refractivity contribution is 5.94. The van der Waals surface area contributed by atoms with Gasteiger partial charge in [0, 0.05) is 24.4 Å². The number of carbonyl (C=O) groups excluding carboxylic acids is 1. The molecule has 0 radical (unpaired) electrons. The van der Waals surface area contributed by atoms with E-state index in [1.54, 1.807) is 36.4 Å². The van der Waals surface area contributed by atoms with Gasteiger partial charge in [-0.2, -0.15) is 13.2 Å². The van der Waals surface area contributed by atoms with Crippen molar-refractivity contribution in [2.45, 2.75) is 38.5 Å². The molecule has 1 aromatic heterocycles. The number of benzene rings is 1. The molecule has 33 heavy (non-hydrogen) atoms. The van der Waals surface area contributed by atoms with E-state index in [0.717, 1.165) is 25.8 Å². The topological polar surface area (TPSA) is 54.5 Å². The molecule has 178 valence electrons. The van der Waals surface area contributed by atoms with E-state index < -0.39 is 11.7 Å². The van der Waals surface area contributed by atoms with Gasteiger partial charge >= 0.3 is 6.18 Å². The highest BCUT2D eigenvalue weighted by Crippen LogP contribution is 2.36. The molecule has 8 heteroatoms. The van der Waals surface area contributed by atoms with Gasteiger partial charge in [0.05, 0.1) is 23.1 Å². The van der Waals surface area contributed by atoms with Crippen molar-refractivity contribution >= 4 is 28.3 Å². The summed E-state index contributed by atoms with van der Waals surface area (Å²) in [5.74, 6) is 0.676. The molecule has 1 saturated carbocycles. The molecule has 1 unspecified atom stereocenters. The highest BCUT2D eigenvalue weighted by Gasteiger charge is 2.35. The second-order valence-corrected chi connectivity index (χ2v) is 8.70. The first-order chi connectivity index (χ1) is 15.5. The summed E-state index contributed by atoms with van der Waals surface area (Å²) in [5.41, 5.74) is -0.868. The van der Waals surface area contributed by atoms with Gasteiger partial charge in [0.15, 0.2) is 0 Å². The largest absolute Gasteiger partial charge is 0.491 e. The molecule has 0 aliphatic heterocycles. The van der Waals surface area contributed by atoms with Crippen molar-refractivity contribution in [2.24, 2.45) is 5.92 Å². The first-order valence-electron chi connectivity index (χ1n) is 11.0. The van der Waals surface area contributed by atoms with Gasteiger partial charge in [0.1, 0.15) is 5.75 Å². The van der Waals surface area contributed by atoms with Crippen LogP contribution in [-0.4, -0.2) is 55.3 Å². The SMILES string of the molecule is C=C(c1nc(/C=C/CNC(=O)C2CC2)cc2cc(OC(C)CCN(C)C)ccc12)C(F)(F)F. The number of nitrogens with zero attached hydrogens (tertiary/aromatic N) is 2. The van der Waals surface area contributed by atoms with Crippen molar-refractivity contribution < 1.29 is 22.7 Å². The van der Waals surface area contributed by atoms with Crippen LogP contribution in [0.5, 0.6) is 5.75 Å². The van der Waals surface area contributed by atoms with Crippen LogP contribution >= 0.6 is 0 Å². The fourth-order valence-corrected chi connectivity index (χ4v) is 3.34. The molecule has 1 N–H and O–H groups in total. The van der Waals surface area contributed by atoms with Gasteiger partial charge in [-0.15, -0.1) is 0 Å². The monoisotopic (exact) mass is 461 g/mol. The third-order valence-corrected chi connectivity index (χ3v) is 5.40. The number of hydrogen-bond donors (Lipinski definition) is 1. The van der Waals surface area contributed by atoms with Gasteiger partial charge < -0.3 is 15.0 Å². The van der Waals surface area contributed by atoms with E-state index in [0.29, 0.717) is 22.2 Å². The number of amides is 1. The third-order valence-electron chi connectivity index (χ3n) is 5.40. The molecule has 1 amide bonds. The van der Waals surface area contributed by atoms with Gasteiger partial charge in [0.25, 0.3) is 0 Å². The van der Waals surface area contributed by atoms with E-state index in [1.165, 1.54) is 0 Å². The van der Waals surface area contributed by atoms with E-state index in [2.05, 4.69) is 21.8 Å². The van der Waals surface area contributed by atoms with Crippen LogP contribution < -0.4 is 10.1 Å². The summed E-state index contributed by atoms with van der Waals surface area (Å²) in [6.45, 7) is 6.35. The Hall–Kier alpha value is -2.87. The number of fused-ring (bicyclic) bond motifs is 1. The van der Waals surface area contributed by atoms with Crippen LogP contribution in [0.3, 0.4) is 0 Å². The number of allylic oxidation sites excluding steroid dienone is 1. The Morgan fingerprint density at radius 3 is 2.70 bits per heavy atom. The summed E-state index contributed by atoms with van der Waals surface area (Å²) in [7, 11) is 3.97. The van der Waals surface area contributed by atoms with E-state index in [4.69, 9.17) is 4.74 Å². The molecule has 0 saturated heterocycles. The lowest BCUT2D eigenvalue weighted by atomic mass is 10.0. The number of alkyl halides is 3. The Morgan fingerprint density at radius 2 is 2.06 bits per heavy atom. The Balaban J connectivity index is 1.86. The minimum Gasteiger partial charge on any atom is -0.491 e. The van der Waals surface area contributed by atoms with Gasteiger partial charge in [0.2, 0.25) is 5.91 Å². The number of aromatic nitrogens is 1. The third kappa shape index (κ3) is 7.05. The zero-order chi connectivity index (χ0) is 24.2. The smallest absolute Gasteiger partial charge is 0.417 e. The second kappa shape index (κ2) is 10.4. The van der Waals surface area contributed by atoms with E-state index in [-0.39, 0.29) is 30.2 Å². The normalized spacial score (nSPS) is 15.2. The molecule has 0 bridgehead atoms. The Bertz CT molecular complexity index is 1040. The van der Waals surface area contributed by atoms with Crippen LogP contribution in [0.2, 0.25) is 0 Å². The lowest BCUT2D eigenvalue weighted by Gasteiger charge is -2.18. The lowest BCUT2D eigenvalue weighted by molar-refractivity contribution is -0.122. The van der Waals surface area contributed by atoms with E-state index in [9.17, 15) is 18.0 Å². The zero-order valence-corrected chi connectivity index (χ0v) is 19.2. The van der Waals surface area contributed by atoms with Crippen molar-refractivity contribution in [3.05, 3.63) is 48.3 Å². The fraction of sp³-hybridized carbons (Fsp3) is 0.440. The van der Waals surface area contributed by atoms with Crippen LogP contribution in [0.15, 0.2) is 36.9 Å². The molecular weight excluding hydrogens is 431 g/mol. The molecule has 1 heterocycles. The predicted molar refractivity (Wildman–Crippen MR) is 125 cm³/mol. The Labute approximate surface area is 192 Å². The molecule has 1 atom stereocenters. The van der Waals surface area contributed by atoms with Gasteiger partial charge in [-0.1, -0.05) is 12.7 Å². The van der Waals surface area contributed by atoms with Crippen LogP contribution in [0.4, 0.5) is 13.2 Å². The van der Waals surface area contributed by atoms with Crippen LogP contribution in [0, 0.1) is 5.92 Å². The molecular formula is C25H30F3N3O2. The molecule has 3 rings (SSSR count). The molecule has 1 aliphatic carbocycles. The highest BCUT2D eigenvalue weighted by atomic mass is 19.4. The van der Waals surface area contributed by atoms with E-state index in [1.807, 2.05) is 21.0 Å². The van der Waals surface area contributed by atoms with Gasteiger partial charge in [-0.3, -0.25) is 4.79 Å². The maximum atomic E-state index is 13.4. The maximum Gasteiger partial charge on any atom is 0.417 e. The number of halogens is 3. The second-order valence-electron chi connectivity index (χ2n) is 8.70. The molecule has 0 spiro atoms. The molecule has 5 nitrogen and oxygen atoms in total. The average Bonchev–Trinajstić information content (AvgIpc) is 3.58. The minimum atomic E-state index is -4.60. The number of nitrogens with one attached hydrogen (secondary N) is 1. The fourth-order valence-electron chi connectivity index (χ4n) is 3.34. The zero-order valence-electron chi connectivity index (χ0n) is 19.2. The van der Waals surface area contributed by atoms with Gasteiger partial charge in [-0.25, -0.2) is 4.98 Å². The summed E-state index contributed by atoms with van der Waals surface area (Å²) in [6, 6.07) is 6.68. The average molecular weight is 462 g/mol. The van der Waals surface area contributed by atoms with Crippen molar-refractivity contribution in [1.82, 2.24) is 15.2 Å². The standard InChI is InChI=1S/C25H30F3N3O2/c1-16(11-13-31(3)4)33-21-9-10-22-19(15-21)14-20(30-23(22)17(2)25(26,27)28)6-5-12-29-24(32)18-7-8-18/h5-6,9-10,14-16,18H,2,7-8,11-13H2,1,3-4H3,(H,29,32)/b6-5+. The molecule has 1 fully saturated rings. The first kappa shape index (κ1) is 24.8. The first-order valence-corrected chi connectivity index (χ1v) is 11.0.